The highest BCUT2D eigenvalue weighted by molar-refractivity contribution is 5.80. The summed E-state index contributed by atoms with van der Waals surface area (Å²) in [6, 6.07) is 39.4. The summed E-state index contributed by atoms with van der Waals surface area (Å²) >= 11 is 0. The van der Waals surface area contributed by atoms with Gasteiger partial charge in [0.15, 0.2) is 0 Å². The second-order valence-electron chi connectivity index (χ2n) is 7.25. The summed E-state index contributed by atoms with van der Waals surface area (Å²) in [5.74, 6) is 0. The minimum atomic E-state index is -0.165. The third-order valence-corrected chi connectivity index (χ3v) is 5.10. The molecule has 0 heterocycles. The molecule has 4 rings (SSSR count). The average Bonchev–Trinajstić information content (AvgIpc) is 2.83. The van der Waals surface area contributed by atoms with Gasteiger partial charge in [0, 0.05) is 6.04 Å². The first-order valence-corrected chi connectivity index (χ1v) is 10.2. The van der Waals surface area contributed by atoms with Crippen molar-refractivity contribution in [1.29, 1.82) is 0 Å². The second-order valence-corrected chi connectivity index (χ2v) is 7.25. The molecule has 4 aromatic rings. The summed E-state index contributed by atoms with van der Waals surface area (Å²) in [6.45, 7) is 0. The summed E-state index contributed by atoms with van der Waals surface area (Å²) in [6.07, 6.45) is 6.44. The summed E-state index contributed by atoms with van der Waals surface area (Å²) in [5, 5.41) is 0. The maximum atomic E-state index is 6.49. The highest BCUT2D eigenvalue weighted by Gasteiger charge is 2.05. The van der Waals surface area contributed by atoms with Crippen LogP contribution in [-0.4, -0.2) is 0 Å². The van der Waals surface area contributed by atoms with Crippen LogP contribution in [0, 0.1) is 0 Å². The van der Waals surface area contributed by atoms with Gasteiger partial charge in [0.1, 0.15) is 0 Å². The number of hydrogen-bond donors (Lipinski definition) is 1. The van der Waals surface area contributed by atoms with Gasteiger partial charge in [0.05, 0.1) is 0 Å². The lowest BCUT2D eigenvalue weighted by molar-refractivity contribution is 0.914. The number of hydrogen-bond acceptors (Lipinski definition) is 1. The van der Waals surface area contributed by atoms with E-state index < -0.39 is 0 Å². The number of benzene rings is 4. The van der Waals surface area contributed by atoms with Crippen LogP contribution in [0.25, 0.3) is 22.8 Å². The molecule has 1 heteroatoms. The van der Waals surface area contributed by atoms with Crippen molar-refractivity contribution < 1.29 is 0 Å². The highest BCUT2D eigenvalue weighted by atomic mass is 14.6. The molecule has 0 aliphatic carbocycles. The van der Waals surface area contributed by atoms with Gasteiger partial charge in [-0.15, -0.1) is 0 Å². The molecule has 4 aromatic carbocycles. The van der Waals surface area contributed by atoms with Gasteiger partial charge in [0.25, 0.3) is 0 Å². The van der Waals surface area contributed by atoms with Crippen molar-refractivity contribution in [2.24, 2.45) is 5.73 Å². The van der Waals surface area contributed by atoms with Gasteiger partial charge < -0.3 is 5.73 Å². The Morgan fingerprint density at radius 2 is 1.23 bits per heavy atom. The van der Waals surface area contributed by atoms with E-state index in [-0.39, 0.29) is 6.04 Å². The molecule has 1 nitrogen and oxygen atoms in total. The fourth-order valence-corrected chi connectivity index (χ4v) is 3.48. The van der Waals surface area contributed by atoms with Gasteiger partial charge in [-0.1, -0.05) is 127 Å². The molecular formula is C29H25N. The zero-order valence-electron chi connectivity index (χ0n) is 16.9. The van der Waals surface area contributed by atoms with Gasteiger partial charge >= 0.3 is 0 Å². The van der Waals surface area contributed by atoms with E-state index in [1.54, 1.807) is 0 Å². The van der Waals surface area contributed by atoms with Crippen LogP contribution >= 0.6 is 0 Å². The molecule has 146 valence electrons. The summed E-state index contributed by atoms with van der Waals surface area (Å²) in [4.78, 5) is 0. The van der Waals surface area contributed by atoms with Crippen molar-refractivity contribution in [3.63, 3.8) is 0 Å². The van der Waals surface area contributed by atoms with E-state index in [0.717, 1.165) is 22.3 Å². The fraction of sp³-hybridized carbons (Fsp3) is 0.0345. The molecule has 0 bridgehead atoms. The molecule has 2 N–H and O–H groups in total. The Balaban J connectivity index is 1.66. The Kier molecular flexibility index (Phi) is 6.34. The van der Waals surface area contributed by atoms with Crippen molar-refractivity contribution in [3.05, 3.63) is 144 Å². The molecule has 30 heavy (non-hydrogen) atoms. The van der Waals surface area contributed by atoms with Crippen LogP contribution < -0.4 is 5.73 Å². The van der Waals surface area contributed by atoms with Crippen LogP contribution in [0.4, 0.5) is 0 Å². The standard InChI is InChI=1S/C29H25N/c30-29(26-16-8-3-9-17-26)22-28(25-14-6-2-7-15-25)20-19-23-11-10-18-27(21-23)24-12-4-1-5-13-24/h1-22,29H,30H2/b20-19+,28-22+. The van der Waals surface area contributed by atoms with Gasteiger partial charge in [-0.05, 0) is 39.5 Å². The predicted molar refractivity (Wildman–Crippen MR) is 129 cm³/mol. The minimum Gasteiger partial charge on any atom is -0.321 e. The molecule has 0 saturated heterocycles. The number of allylic oxidation sites excluding steroid dienone is 2. The van der Waals surface area contributed by atoms with Crippen molar-refractivity contribution in [2.45, 2.75) is 6.04 Å². The monoisotopic (exact) mass is 387 g/mol. The van der Waals surface area contributed by atoms with Crippen LogP contribution in [-0.2, 0) is 0 Å². The number of rotatable bonds is 6. The molecule has 0 amide bonds. The number of nitrogens with two attached hydrogens (primary N) is 1. The highest BCUT2D eigenvalue weighted by Crippen LogP contribution is 2.24. The molecule has 0 aliphatic rings. The van der Waals surface area contributed by atoms with E-state index in [0.29, 0.717) is 0 Å². The molecule has 0 spiro atoms. The maximum Gasteiger partial charge on any atom is 0.0490 e. The molecule has 1 atom stereocenters. The van der Waals surface area contributed by atoms with E-state index >= 15 is 0 Å². The Morgan fingerprint density at radius 3 is 1.93 bits per heavy atom. The molecule has 0 aliphatic heterocycles. The molecule has 0 aromatic heterocycles. The Hall–Kier alpha value is -3.68. The zero-order valence-corrected chi connectivity index (χ0v) is 16.9. The molecule has 1 unspecified atom stereocenters. The molecule has 0 saturated carbocycles. The van der Waals surface area contributed by atoms with Crippen LogP contribution in [0.15, 0.2) is 127 Å². The fourth-order valence-electron chi connectivity index (χ4n) is 3.48. The maximum absolute atomic E-state index is 6.49. The normalized spacial score (nSPS) is 12.8. The summed E-state index contributed by atoms with van der Waals surface area (Å²) in [5.41, 5.74) is 13.4. The van der Waals surface area contributed by atoms with Gasteiger partial charge in [-0.3, -0.25) is 0 Å². The molecule has 0 radical (unpaired) electrons. The Morgan fingerprint density at radius 1 is 0.633 bits per heavy atom. The van der Waals surface area contributed by atoms with Gasteiger partial charge in [-0.25, -0.2) is 0 Å². The molecule has 0 fully saturated rings. The minimum absolute atomic E-state index is 0.165. The second kappa shape index (κ2) is 9.69. The van der Waals surface area contributed by atoms with E-state index in [4.69, 9.17) is 5.73 Å². The third kappa shape index (κ3) is 5.02. The first-order chi connectivity index (χ1) is 14.8. The Bertz CT molecular complexity index is 1130. The van der Waals surface area contributed by atoms with Crippen LogP contribution in [0.5, 0.6) is 0 Å². The first-order valence-electron chi connectivity index (χ1n) is 10.2. The van der Waals surface area contributed by atoms with Crippen molar-refractivity contribution in [1.82, 2.24) is 0 Å². The lowest BCUT2D eigenvalue weighted by Crippen LogP contribution is -2.07. The first kappa shape index (κ1) is 19.6. The van der Waals surface area contributed by atoms with E-state index in [1.165, 1.54) is 11.1 Å². The quantitative estimate of drug-likeness (QED) is 0.349. The smallest absolute Gasteiger partial charge is 0.0490 e. The zero-order chi connectivity index (χ0) is 20.6. The van der Waals surface area contributed by atoms with Crippen LogP contribution in [0.3, 0.4) is 0 Å². The largest absolute Gasteiger partial charge is 0.321 e. The van der Waals surface area contributed by atoms with Gasteiger partial charge in [-0.2, -0.15) is 0 Å². The Labute approximate surface area is 178 Å². The predicted octanol–water partition coefficient (Wildman–Crippen LogP) is 7.15. The lowest BCUT2D eigenvalue weighted by atomic mass is 9.98. The topological polar surface area (TPSA) is 26.0 Å². The van der Waals surface area contributed by atoms with E-state index in [2.05, 4.69) is 103 Å². The van der Waals surface area contributed by atoms with Crippen LogP contribution in [0.1, 0.15) is 22.7 Å². The lowest BCUT2D eigenvalue weighted by Gasteiger charge is -2.10. The van der Waals surface area contributed by atoms with Crippen molar-refractivity contribution in [3.8, 4) is 11.1 Å². The average molecular weight is 388 g/mol. The summed E-state index contributed by atoms with van der Waals surface area (Å²) < 4.78 is 0. The van der Waals surface area contributed by atoms with E-state index in [9.17, 15) is 0 Å². The van der Waals surface area contributed by atoms with Crippen molar-refractivity contribution in [2.75, 3.05) is 0 Å². The van der Waals surface area contributed by atoms with E-state index in [1.807, 2.05) is 30.3 Å². The van der Waals surface area contributed by atoms with Crippen LogP contribution in [0.2, 0.25) is 0 Å². The SMILES string of the molecule is NC(/C=C(\C=C\c1cccc(-c2ccccc2)c1)c1ccccc1)c1ccccc1. The third-order valence-electron chi connectivity index (χ3n) is 5.10. The van der Waals surface area contributed by atoms with Gasteiger partial charge in [0.2, 0.25) is 0 Å². The van der Waals surface area contributed by atoms with Crippen molar-refractivity contribution >= 4 is 11.6 Å². The molecular weight excluding hydrogens is 362 g/mol. The summed E-state index contributed by atoms with van der Waals surface area (Å²) in [7, 11) is 0.